The first-order valence-electron chi connectivity index (χ1n) is 9.80. The molecule has 0 aliphatic heterocycles. The molecule has 0 spiro atoms. The van der Waals surface area contributed by atoms with E-state index in [1.165, 1.54) is 16.3 Å². The van der Waals surface area contributed by atoms with E-state index in [-0.39, 0.29) is 0 Å². The molecule has 0 saturated heterocycles. The fraction of sp³-hybridized carbons (Fsp3) is 0.0769. The number of aromatic nitrogens is 2. The van der Waals surface area contributed by atoms with Crippen LogP contribution in [0.3, 0.4) is 0 Å². The summed E-state index contributed by atoms with van der Waals surface area (Å²) in [4.78, 5) is 4.75. The lowest BCUT2D eigenvalue weighted by molar-refractivity contribution is -0.659. The van der Waals surface area contributed by atoms with Crippen LogP contribution in [0.2, 0.25) is 0 Å². The van der Waals surface area contributed by atoms with Crippen molar-refractivity contribution in [1.82, 2.24) is 4.98 Å². The van der Waals surface area contributed by atoms with Gasteiger partial charge in [-0.1, -0.05) is 48.5 Å². The van der Waals surface area contributed by atoms with E-state index in [9.17, 15) is 0 Å². The van der Waals surface area contributed by atoms with Crippen LogP contribution in [0.5, 0.6) is 0 Å². The first-order valence-corrected chi connectivity index (χ1v) is 9.80. The molecule has 3 aromatic heterocycles. The molecular formula is C26H19N2O+. The number of benzene rings is 3. The van der Waals surface area contributed by atoms with Gasteiger partial charge in [-0.3, -0.25) is 4.98 Å². The predicted octanol–water partition coefficient (Wildman–Crippen LogP) is 6.09. The first-order chi connectivity index (χ1) is 14.2. The minimum absolute atomic E-state index is 0.854. The van der Waals surface area contributed by atoms with Gasteiger partial charge in [0.05, 0.1) is 10.9 Å². The molecule has 3 nitrogen and oxygen atoms in total. The molecule has 0 fully saturated rings. The van der Waals surface area contributed by atoms with Crippen LogP contribution in [0, 0.1) is 6.92 Å². The second-order valence-electron chi connectivity index (χ2n) is 7.62. The molecule has 3 heterocycles. The molecule has 0 saturated carbocycles. The summed E-state index contributed by atoms with van der Waals surface area (Å²) in [5.41, 5.74) is 6.15. The third kappa shape index (κ3) is 2.24. The predicted molar refractivity (Wildman–Crippen MR) is 118 cm³/mol. The monoisotopic (exact) mass is 375 g/mol. The van der Waals surface area contributed by atoms with Gasteiger partial charge in [0.25, 0.3) is 0 Å². The van der Waals surface area contributed by atoms with Crippen LogP contribution in [-0.4, -0.2) is 4.98 Å². The van der Waals surface area contributed by atoms with Gasteiger partial charge in [-0.25, -0.2) is 4.57 Å². The van der Waals surface area contributed by atoms with Gasteiger partial charge in [0.15, 0.2) is 17.4 Å². The van der Waals surface area contributed by atoms with Crippen molar-refractivity contribution in [1.29, 1.82) is 0 Å². The summed E-state index contributed by atoms with van der Waals surface area (Å²) in [6.07, 6.45) is 4.05. The number of hydrogen-bond acceptors (Lipinski definition) is 2. The van der Waals surface area contributed by atoms with Gasteiger partial charge in [0.2, 0.25) is 5.69 Å². The zero-order chi connectivity index (χ0) is 19.5. The fourth-order valence-corrected chi connectivity index (χ4v) is 4.43. The lowest BCUT2D eigenvalue weighted by Gasteiger charge is -2.08. The average Bonchev–Trinajstić information content (AvgIpc) is 3.13. The van der Waals surface area contributed by atoms with Crippen LogP contribution in [-0.2, 0) is 7.05 Å². The van der Waals surface area contributed by atoms with Gasteiger partial charge < -0.3 is 4.42 Å². The number of pyridine rings is 2. The molecular weight excluding hydrogens is 356 g/mol. The van der Waals surface area contributed by atoms with Gasteiger partial charge in [0, 0.05) is 28.4 Å². The lowest BCUT2D eigenvalue weighted by Crippen LogP contribution is -2.30. The normalized spacial score (nSPS) is 11.8. The highest BCUT2D eigenvalue weighted by molar-refractivity contribution is 6.16. The highest BCUT2D eigenvalue weighted by Gasteiger charge is 2.24. The van der Waals surface area contributed by atoms with Crippen molar-refractivity contribution in [3.8, 4) is 11.3 Å². The van der Waals surface area contributed by atoms with E-state index in [1.807, 2.05) is 18.3 Å². The van der Waals surface area contributed by atoms with Gasteiger partial charge in [-0.15, -0.1) is 0 Å². The van der Waals surface area contributed by atoms with Crippen LogP contribution in [0.4, 0.5) is 0 Å². The summed E-state index contributed by atoms with van der Waals surface area (Å²) in [5, 5.41) is 5.68. The summed E-state index contributed by atoms with van der Waals surface area (Å²) in [6.45, 7) is 2.15. The molecule has 0 radical (unpaired) electrons. The Kier molecular flexibility index (Phi) is 3.30. The number of hydrogen-bond donors (Lipinski definition) is 0. The van der Waals surface area contributed by atoms with Crippen LogP contribution in [0.1, 0.15) is 5.56 Å². The zero-order valence-corrected chi connectivity index (χ0v) is 16.3. The highest BCUT2D eigenvalue weighted by Crippen LogP contribution is 2.39. The molecule has 3 aromatic carbocycles. The summed E-state index contributed by atoms with van der Waals surface area (Å²) < 4.78 is 8.74. The lowest BCUT2D eigenvalue weighted by atomic mass is 9.97. The van der Waals surface area contributed by atoms with Gasteiger partial charge in [-0.05, 0) is 30.0 Å². The molecule has 6 aromatic rings. The van der Waals surface area contributed by atoms with Crippen LogP contribution in [0.25, 0.3) is 54.9 Å². The number of aryl methyl sites for hydroxylation is 2. The summed E-state index contributed by atoms with van der Waals surface area (Å²) >= 11 is 0. The maximum absolute atomic E-state index is 6.56. The SMILES string of the molecule is Cc1ccc2c(oc3c4ccccc4cnc23)c1-c1c2ccccc2cc[n+]1C. The number of nitrogens with zero attached hydrogens (tertiary/aromatic N) is 2. The Labute approximate surface area is 167 Å². The third-order valence-corrected chi connectivity index (χ3v) is 5.86. The van der Waals surface area contributed by atoms with Gasteiger partial charge in [0.1, 0.15) is 12.6 Å². The summed E-state index contributed by atoms with van der Waals surface area (Å²) in [6, 6.07) is 23.2. The van der Waals surface area contributed by atoms with Crippen LogP contribution < -0.4 is 4.57 Å². The average molecular weight is 375 g/mol. The van der Waals surface area contributed by atoms with Crippen molar-refractivity contribution in [3.63, 3.8) is 0 Å². The molecule has 0 atom stereocenters. The van der Waals surface area contributed by atoms with Gasteiger partial charge >= 0.3 is 0 Å². The van der Waals surface area contributed by atoms with Crippen LogP contribution in [0.15, 0.2) is 83.5 Å². The molecule has 0 aliphatic rings. The quantitative estimate of drug-likeness (QED) is 0.326. The zero-order valence-electron chi connectivity index (χ0n) is 16.3. The molecule has 0 N–H and O–H groups in total. The van der Waals surface area contributed by atoms with Crippen molar-refractivity contribution >= 4 is 43.6 Å². The number of fused-ring (bicyclic) bond motifs is 6. The van der Waals surface area contributed by atoms with Crippen molar-refractivity contribution in [3.05, 3.63) is 84.7 Å². The molecule has 0 aliphatic carbocycles. The van der Waals surface area contributed by atoms with E-state index in [4.69, 9.17) is 9.40 Å². The summed E-state index contributed by atoms with van der Waals surface area (Å²) in [7, 11) is 2.09. The standard InChI is InChI=1S/C26H19N2O/c1-16-11-12-21-23-26(20-10-6-4-8-18(20)15-27-23)29-25(21)22(16)24-19-9-5-3-7-17(19)13-14-28(24)2/h3-15H,1-2H3/q+1. The van der Waals surface area contributed by atoms with E-state index >= 15 is 0 Å². The Morgan fingerprint density at radius 3 is 2.38 bits per heavy atom. The van der Waals surface area contributed by atoms with E-state index < -0.39 is 0 Å². The van der Waals surface area contributed by atoms with Crippen molar-refractivity contribution in [2.45, 2.75) is 6.92 Å². The minimum atomic E-state index is 0.854. The third-order valence-electron chi connectivity index (χ3n) is 5.86. The number of rotatable bonds is 1. The molecule has 6 rings (SSSR count). The molecule has 138 valence electrons. The van der Waals surface area contributed by atoms with Gasteiger partial charge in [-0.2, -0.15) is 0 Å². The largest absolute Gasteiger partial charge is 0.453 e. The molecule has 0 unspecified atom stereocenters. The topological polar surface area (TPSA) is 29.9 Å². The highest BCUT2D eigenvalue weighted by atomic mass is 16.3. The second kappa shape index (κ2) is 5.89. The minimum Gasteiger partial charge on any atom is -0.453 e. The van der Waals surface area contributed by atoms with E-state index in [0.717, 1.165) is 44.1 Å². The molecule has 3 heteroatoms. The fourth-order valence-electron chi connectivity index (χ4n) is 4.43. The Balaban J connectivity index is 1.82. The maximum Gasteiger partial charge on any atom is 0.224 e. The van der Waals surface area contributed by atoms with E-state index in [0.29, 0.717) is 0 Å². The van der Waals surface area contributed by atoms with Crippen molar-refractivity contribution in [2.24, 2.45) is 7.05 Å². The van der Waals surface area contributed by atoms with Crippen molar-refractivity contribution < 1.29 is 8.98 Å². The Morgan fingerprint density at radius 2 is 1.52 bits per heavy atom. The smallest absolute Gasteiger partial charge is 0.224 e. The molecule has 0 amide bonds. The van der Waals surface area contributed by atoms with E-state index in [1.54, 1.807) is 0 Å². The van der Waals surface area contributed by atoms with Crippen molar-refractivity contribution in [2.75, 3.05) is 0 Å². The first kappa shape index (κ1) is 16.3. The molecule has 0 bridgehead atoms. The summed E-state index contributed by atoms with van der Waals surface area (Å²) in [5.74, 6) is 0. The second-order valence-corrected chi connectivity index (χ2v) is 7.62. The van der Waals surface area contributed by atoms with Crippen LogP contribution >= 0.6 is 0 Å². The molecule has 29 heavy (non-hydrogen) atoms. The maximum atomic E-state index is 6.56. The Morgan fingerprint density at radius 1 is 0.759 bits per heavy atom. The van der Waals surface area contributed by atoms with E-state index in [2.05, 4.69) is 79.3 Å². The number of furan rings is 1. The Hall–Kier alpha value is -3.72. The Bertz CT molecular complexity index is 1580.